The Morgan fingerprint density at radius 2 is 1.91 bits per heavy atom. The fraction of sp³-hybridized carbons (Fsp3) is 0.577. The average Bonchev–Trinajstić information content (AvgIpc) is 3.43. The summed E-state index contributed by atoms with van der Waals surface area (Å²) in [6.07, 6.45) is 5.19. The Morgan fingerprint density at radius 3 is 2.53 bits per heavy atom. The highest BCUT2D eigenvalue weighted by Gasteiger charge is 2.41. The van der Waals surface area contributed by atoms with Crippen LogP contribution in [0.25, 0.3) is 0 Å². The first kappa shape index (κ1) is 24.3. The number of H-pyrrole nitrogens is 1. The molecule has 1 amide bonds. The number of rotatable bonds is 9. The van der Waals surface area contributed by atoms with Crippen LogP contribution in [0.2, 0.25) is 0 Å². The van der Waals surface area contributed by atoms with E-state index in [0.717, 1.165) is 17.4 Å². The van der Waals surface area contributed by atoms with Crippen LogP contribution in [0.4, 0.5) is 11.5 Å². The molecule has 2 aliphatic rings. The number of nitrogen functional groups attached to an aromatic ring is 1. The number of nitrogens with one attached hydrogen (secondary N) is 2. The fourth-order valence-electron chi connectivity index (χ4n) is 5.85. The minimum absolute atomic E-state index is 0.00718. The summed E-state index contributed by atoms with van der Waals surface area (Å²) in [5.74, 6) is 2.11. The third kappa shape index (κ3) is 5.12. The molecular weight excluding hydrogens is 430 g/mol. The third-order valence-corrected chi connectivity index (χ3v) is 7.53. The normalized spacial score (nSPS) is 22.3. The van der Waals surface area contributed by atoms with Crippen LogP contribution in [0.5, 0.6) is 0 Å². The third-order valence-electron chi connectivity index (χ3n) is 7.53. The molecule has 4 rings (SSSR count). The van der Waals surface area contributed by atoms with E-state index in [4.69, 9.17) is 5.73 Å². The van der Waals surface area contributed by atoms with Gasteiger partial charge in [-0.2, -0.15) is 0 Å². The SMILES string of the molecule is CC(C)CN(C(=O)CN[C@@H](C)[C@H]1C[C@H]2CC[C@H]1C2)c1c(N)n(Cc2ccccc2)c(=O)[nH]c1=O. The molecule has 2 aromatic rings. The van der Waals surface area contributed by atoms with Crippen molar-refractivity contribution in [1.82, 2.24) is 14.9 Å². The number of nitrogens with zero attached hydrogens (tertiary/aromatic N) is 2. The minimum Gasteiger partial charge on any atom is -0.383 e. The van der Waals surface area contributed by atoms with E-state index in [0.29, 0.717) is 12.5 Å². The Balaban J connectivity index is 1.56. The highest BCUT2D eigenvalue weighted by Crippen LogP contribution is 2.49. The van der Waals surface area contributed by atoms with Gasteiger partial charge in [0.05, 0.1) is 13.1 Å². The molecule has 2 fully saturated rings. The lowest BCUT2D eigenvalue weighted by molar-refractivity contribution is -0.118. The van der Waals surface area contributed by atoms with E-state index in [9.17, 15) is 14.4 Å². The summed E-state index contributed by atoms with van der Waals surface area (Å²) in [5.41, 5.74) is 6.07. The summed E-state index contributed by atoms with van der Waals surface area (Å²) in [5, 5.41) is 3.42. The monoisotopic (exact) mass is 467 g/mol. The zero-order valence-electron chi connectivity index (χ0n) is 20.4. The van der Waals surface area contributed by atoms with Crippen molar-refractivity contribution in [3.63, 3.8) is 0 Å². The van der Waals surface area contributed by atoms with Crippen molar-refractivity contribution < 1.29 is 4.79 Å². The zero-order chi connectivity index (χ0) is 24.4. The molecule has 4 N–H and O–H groups in total. The van der Waals surface area contributed by atoms with E-state index >= 15 is 0 Å². The Bertz CT molecular complexity index is 1120. The van der Waals surface area contributed by atoms with Gasteiger partial charge in [0.15, 0.2) is 5.69 Å². The molecule has 1 aromatic carbocycles. The van der Waals surface area contributed by atoms with E-state index < -0.39 is 11.2 Å². The maximum atomic E-state index is 13.4. The van der Waals surface area contributed by atoms with Gasteiger partial charge in [-0.3, -0.25) is 19.1 Å². The lowest BCUT2D eigenvalue weighted by Crippen LogP contribution is -2.48. The van der Waals surface area contributed by atoms with Gasteiger partial charge in [-0.1, -0.05) is 50.6 Å². The molecule has 0 aliphatic heterocycles. The predicted molar refractivity (Wildman–Crippen MR) is 135 cm³/mol. The summed E-state index contributed by atoms with van der Waals surface area (Å²) in [7, 11) is 0. The molecule has 2 bridgehead atoms. The molecule has 8 nitrogen and oxygen atoms in total. The van der Waals surface area contributed by atoms with Crippen LogP contribution in [-0.2, 0) is 11.3 Å². The van der Waals surface area contributed by atoms with E-state index in [-0.39, 0.29) is 42.5 Å². The van der Waals surface area contributed by atoms with E-state index in [1.54, 1.807) is 0 Å². The Morgan fingerprint density at radius 1 is 1.18 bits per heavy atom. The number of aromatic nitrogens is 2. The standard InChI is InChI=1S/C26H37N5O3/c1-16(2)14-30(22(32)13-28-17(3)21-12-19-9-10-20(21)11-19)23-24(27)31(26(34)29-25(23)33)15-18-7-5-4-6-8-18/h4-8,16-17,19-21,28H,9-15,27H2,1-3H3,(H,29,33,34)/t17-,19-,20-,21+/m0/s1. The smallest absolute Gasteiger partial charge is 0.330 e. The maximum absolute atomic E-state index is 13.4. The van der Waals surface area contributed by atoms with E-state index in [1.807, 2.05) is 44.2 Å². The molecule has 1 aromatic heterocycles. The number of nitrogens with two attached hydrogens (primary N) is 1. The second kappa shape index (κ2) is 10.2. The molecule has 34 heavy (non-hydrogen) atoms. The van der Waals surface area contributed by atoms with Gasteiger partial charge in [-0.15, -0.1) is 0 Å². The summed E-state index contributed by atoms with van der Waals surface area (Å²) >= 11 is 0. The average molecular weight is 468 g/mol. The molecule has 4 atom stereocenters. The number of hydrogen-bond acceptors (Lipinski definition) is 5. The van der Waals surface area contributed by atoms with Gasteiger partial charge in [-0.05, 0) is 55.4 Å². The van der Waals surface area contributed by atoms with Gasteiger partial charge in [0.25, 0.3) is 5.56 Å². The number of anilines is 2. The molecule has 1 heterocycles. The number of aromatic amines is 1. The second-order valence-electron chi connectivity index (χ2n) is 10.5. The van der Waals surface area contributed by atoms with Crippen molar-refractivity contribution >= 4 is 17.4 Å². The van der Waals surface area contributed by atoms with Crippen molar-refractivity contribution in [2.75, 3.05) is 23.7 Å². The number of hydrogen-bond donors (Lipinski definition) is 3. The summed E-state index contributed by atoms with van der Waals surface area (Å²) in [6.45, 7) is 6.79. The number of carbonyl (C=O) groups is 1. The maximum Gasteiger partial charge on any atom is 0.330 e. The first-order valence-corrected chi connectivity index (χ1v) is 12.4. The van der Waals surface area contributed by atoms with Crippen LogP contribution in [0, 0.1) is 23.7 Å². The summed E-state index contributed by atoms with van der Waals surface area (Å²) < 4.78 is 1.32. The van der Waals surface area contributed by atoms with Gasteiger partial charge in [-0.25, -0.2) is 4.79 Å². The molecule has 2 saturated carbocycles. The number of carbonyl (C=O) groups excluding carboxylic acids is 1. The Labute approximate surface area is 200 Å². The quantitative estimate of drug-likeness (QED) is 0.525. The number of benzene rings is 1. The number of amides is 1. The largest absolute Gasteiger partial charge is 0.383 e. The van der Waals surface area contributed by atoms with Crippen LogP contribution >= 0.6 is 0 Å². The van der Waals surface area contributed by atoms with Crippen LogP contribution < -0.4 is 27.2 Å². The fourth-order valence-corrected chi connectivity index (χ4v) is 5.85. The van der Waals surface area contributed by atoms with Crippen molar-refractivity contribution in [3.8, 4) is 0 Å². The molecule has 0 saturated heterocycles. The lowest BCUT2D eigenvalue weighted by Gasteiger charge is -2.30. The molecule has 8 heteroatoms. The van der Waals surface area contributed by atoms with Crippen LogP contribution in [0.15, 0.2) is 39.9 Å². The van der Waals surface area contributed by atoms with Gasteiger partial charge in [0.1, 0.15) is 5.82 Å². The van der Waals surface area contributed by atoms with E-state index in [2.05, 4.69) is 17.2 Å². The van der Waals surface area contributed by atoms with Crippen LogP contribution in [0.3, 0.4) is 0 Å². The van der Waals surface area contributed by atoms with Crippen LogP contribution in [0.1, 0.15) is 52.0 Å². The molecule has 184 valence electrons. The zero-order valence-corrected chi connectivity index (χ0v) is 20.4. The molecule has 0 unspecified atom stereocenters. The predicted octanol–water partition coefficient (Wildman–Crippen LogP) is 2.57. The van der Waals surface area contributed by atoms with Crippen molar-refractivity contribution in [2.45, 2.75) is 59.0 Å². The van der Waals surface area contributed by atoms with E-state index in [1.165, 1.54) is 35.2 Å². The summed E-state index contributed by atoms with van der Waals surface area (Å²) in [6, 6.07) is 9.65. The summed E-state index contributed by atoms with van der Waals surface area (Å²) in [4.78, 5) is 42.6. The molecule has 2 aliphatic carbocycles. The van der Waals surface area contributed by atoms with Crippen molar-refractivity contribution in [1.29, 1.82) is 0 Å². The topological polar surface area (TPSA) is 113 Å². The van der Waals surface area contributed by atoms with Gasteiger partial charge in [0.2, 0.25) is 5.91 Å². The first-order chi connectivity index (χ1) is 16.2. The first-order valence-electron chi connectivity index (χ1n) is 12.4. The highest BCUT2D eigenvalue weighted by molar-refractivity contribution is 5.96. The van der Waals surface area contributed by atoms with Crippen LogP contribution in [-0.4, -0.2) is 34.6 Å². The van der Waals surface area contributed by atoms with Gasteiger partial charge in [0, 0.05) is 12.6 Å². The number of fused-ring (bicyclic) bond motifs is 2. The lowest BCUT2D eigenvalue weighted by atomic mass is 9.84. The Hall–Kier alpha value is -2.87. The highest BCUT2D eigenvalue weighted by atomic mass is 16.2. The van der Waals surface area contributed by atoms with Crippen molar-refractivity contribution in [2.24, 2.45) is 23.7 Å². The minimum atomic E-state index is -0.637. The molecular formula is C26H37N5O3. The molecule has 0 radical (unpaired) electrons. The van der Waals surface area contributed by atoms with Crippen molar-refractivity contribution in [3.05, 3.63) is 56.7 Å². The Kier molecular flexibility index (Phi) is 7.26. The van der Waals surface area contributed by atoms with Gasteiger partial charge >= 0.3 is 5.69 Å². The van der Waals surface area contributed by atoms with Gasteiger partial charge < -0.3 is 16.0 Å². The second-order valence-corrected chi connectivity index (χ2v) is 10.5. The molecule has 0 spiro atoms.